The Morgan fingerprint density at radius 1 is 1.00 bits per heavy atom. The molecule has 0 bridgehead atoms. The van der Waals surface area contributed by atoms with E-state index in [1.165, 1.54) is 19.2 Å². The number of aliphatic hydroxyl groups excluding tert-OH is 1. The fraction of sp³-hybridized carbons (Fsp3) is 0.500. The van der Waals surface area contributed by atoms with Crippen LogP contribution in [-0.4, -0.2) is 35.3 Å². The number of alkyl halides is 6. The molecule has 21 heavy (non-hydrogen) atoms. The van der Waals surface area contributed by atoms with E-state index in [1.807, 2.05) is 0 Å². The molecule has 0 heterocycles. The third-order valence-electron chi connectivity index (χ3n) is 2.93. The highest BCUT2D eigenvalue weighted by Gasteiger charge is 2.70. The molecule has 0 fully saturated rings. The van der Waals surface area contributed by atoms with E-state index in [-0.39, 0.29) is 5.56 Å². The molecule has 0 aliphatic heterocycles. The normalized spacial score (nSPS) is 14.9. The van der Waals surface area contributed by atoms with Crippen LogP contribution in [0.3, 0.4) is 0 Å². The van der Waals surface area contributed by atoms with Crippen LogP contribution in [0.4, 0.5) is 26.3 Å². The molecule has 2 N–H and O–H groups in total. The maximum atomic E-state index is 12.5. The van der Waals surface area contributed by atoms with Crippen molar-refractivity contribution in [2.75, 3.05) is 7.11 Å². The van der Waals surface area contributed by atoms with E-state index >= 15 is 0 Å². The average Bonchev–Trinajstić information content (AvgIpc) is 2.36. The molecule has 0 spiro atoms. The fourth-order valence-electron chi connectivity index (χ4n) is 1.62. The van der Waals surface area contributed by atoms with Gasteiger partial charge in [0.2, 0.25) is 0 Å². The number of hydrogen-bond acceptors (Lipinski definition) is 3. The highest BCUT2D eigenvalue weighted by molar-refractivity contribution is 5.28. The fourth-order valence-corrected chi connectivity index (χ4v) is 1.62. The molecule has 1 aromatic carbocycles. The van der Waals surface area contributed by atoms with E-state index < -0.39 is 30.5 Å². The maximum Gasteiger partial charge on any atom is 0.426 e. The van der Waals surface area contributed by atoms with Gasteiger partial charge in [0.05, 0.1) is 13.2 Å². The Morgan fingerprint density at radius 3 is 1.76 bits per heavy atom. The van der Waals surface area contributed by atoms with E-state index in [2.05, 4.69) is 0 Å². The third kappa shape index (κ3) is 3.59. The number of aliphatic hydroxyl groups is 2. The topological polar surface area (TPSA) is 49.7 Å². The van der Waals surface area contributed by atoms with Gasteiger partial charge < -0.3 is 14.9 Å². The number of ether oxygens (including phenoxy) is 1. The van der Waals surface area contributed by atoms with Gasteiger partial charge in [-0.3, -0.25) is 0 Å². The Labute approximate surface area is 115 Å². The molecule has 0 radical (unpaired) electrons. The van der Waals surface area contributed by atoms with Crippen LogP contribution in [0, 0.1) is 0 Å². The molecule has 0 unspecified atom stereocenters. The number of hydrogen-bond donors (Lipinski definition) is 2. The van der Waals surface area contributed by atoms with Crippen LogP contribution in [0.2, 0.25) is 0 Å². The quantitative estimate of drug-likeness (QED) is 0.839. The van der Waals surface area contributed by atoms with Gasteiger partial charge in [0.15, 0.2) is 0 Å². The van der Waals surface area contributed by atoms with Gasteiger partial charge in [-0.25, -0.2) is 0 Å². The van der Waals surface area contributed by atoms with Gasteiger partial charge in [0.1, 0.15) is 5.75 Å². The Kier molecular flexibility index (Phi) is 4.79. The molecule has 1 atom stereocenters. The van der Waals surface area contributed by atoms with Gasteiger partial charge in [-0.05, 0) is 17.7 Å². The monoisotopic (exact) mass is 318 g/mol. The van der Waals surface area contributed by atoms with Gasteiger partial charge in [0.25, 0.3) is 5.60 Å². The molecule has 120 valence electrons. The minimum Gasteiger partial charge on any atom is -0.497 e. The van der Waals surface area contributed by atoms with E-state index in [0.29, 0.717) is 5.75 Å². The summed E-state index contributed by atoms with van der Waals surface area (Å²) < 4.78 is 79.7. The van der Waals surface area contributed by atoms with Crippen molar-refractivity contribution in [3.05, 3.63) is 29.8 Å². The van der Waals surface area contributed by atoms with Crippen LogP contribution in [0.1, 0.15) is 18.1 Å². The zero-order chi connectivity index (χ0) is 16.5. The molecule has 0 saturated carbocycles. The summed E-state index contributed by atoms with van der Waals surface area (Å²) in [7, 11) is 1.32. The first-order chi connectivity index (χ1) is 9.42. The lowest BCUT2D eigenvalue weighted by molar-refractivity contribution is -0.374. The summed E-state index contributed by atoms with van der Waals surface area (Å²) in [5.41, 5.74) is -5.19. The Balaban J connectivity index is 3.03. The van der Waals surface area contributed by atoms with Crippen molar-refractivity contribution in [1.29, 1.82) is 0 Å². The molecule has 0 aromatic heterocycles. The van der Waals surface area contributed by atoms with Gasteiger partial charge in [0, 0.05) is 6.42 Å². The standard InChI is InChI=1S/C12H12F6O3/c1-21-8-4-2-7(3-5-8)9(19)6-10(20,11(13,14)15)12(16,17)18/h2-5,9,19-20H,6H2,1H3/t9-/m0/s1. The molecule has 3 nitrogen and oxygen atoms in total. The zero-order valence-corrected chi connectivity index (χ0v) is 10.7. The van der Waals surface area contributed by atoms with Crippen molar-refractivity contribution < 1.29 is 41.3 Å². The molecule has 1 aromatic rings. The van der Waals surface area contributed by atoms with Crippen molar-refractivity contribution >= 4 is 0 Å². The SMILES string of the molecule is COc1ccc([C@@H](O)CC(O)(C(F)(F)F)C(F)(F)F)cc1. The molecular formula is C12H12F6O3. The number of halogens is 6. The predicted octanol–water partition coefficient (Wildman–Crippen LogP) is 2.97. The van der Waals surface area contributed by atoms with Crippen LogP contribution in [0.25, 0.3) is 0 Å². The maximum absolute atomic E-state index is 12.5. The van der Waals surface area contributed by atoms with Crippen molar-refractivity contribution in [2.45, 2.75) is 30.5 Å². The van der Waals surface area contributed by atoms with E-state index in [4.69, 9.17) is 9.84 Å². The number of rotatable bonds is 4. The van der Waals surface area contributed by atoms with Crippen molar-refractivity contribution in [2.24, 2.45) is 0 Å². The van der Waals surface area contributed by atoms with E-state index in [1.54, 1.807) is 0 Å². The lowest BCUT2D eigenvalue weighted by atomic mass is 9.91. The molecular weight excluding hydrogens is 306 g/mol. The Bertz CT molecular complexity index is 451. The number of benzene rings is 1. The van der Waals surface area contributed by atoms with Gasteiger partial charge in [-0.15, -0.1) is 0 Å². The van der Waals surface area contributed by atoms with Gasteiger partial charge >= 0.3 is 12.4 Å². The van der Waals surface area contributed by atoms with E-state index in [9.17, 15) is 31.4 Å². The van der Waals surface area contributed by atoms with Crippen molar-refractivity contribution in [3.8, 4) is 5.75 Å². The summed E-state index contributed by atoms with van der Waals surface area (Å²) in [5.74, 6) is 0.313. The predicted molar refractivity (Wildman–Crippen MR) is 59.6 cm³/mol. The van der Waals surface area contributed by atoms with Crippen LogP contribution < -0.4 is 4.74 Å². The zero-order valence-electron chi connectivity index (χ0n) is 10.7. The molecule has 1 rings (SSSR count). The average molecular weight is 318 g/mol. The Morgan fingerprint density at radius 2 is 1.43 bits per heavy atom. The minimum absolute atomic E-state index is 0.206. The smallest absolute Gasteiger partial charge is 0.426 e. The van der Waals surface area contributed by atoms with Crippen LogP contribution in [0.5, 0.6) is 5.75 Å². The van der Waals surface area contributed by atoms with Gasteiger partial charge in [-0.2, -0.15) is 26.3 Å². The summed E-state index contributed by atoms with van der Waals surface area (Å²) in [6, 6.07) is 4.74. The molecule has 0 saturated heterocycles. The van der Waals surface area contributed by atoms with Crippen molar-refractivity contribution in [3.63, 3.8) is 0 Å². The first-order valence-electron chi connectivity index (χ1n) is 5.60. The lowest BCUT2D eigenvalue weighted by Gasteiger charge is -2.33. The first-order valence-corrected chi connectivity index (χ1v) is 5.60. The minimum atomic E-state index is -5.96. The number of methoxy groups -OCH3 is 1. The van der Waals surface area contributed by atoms with E-state index in [0.717, 1.165) is 12.1 Å². The molecule has 9 heteroatoms. The summed E-state index contributed by atoms with van der Waals surface area (Å²) in [5, 5.41) is 18.5. The molecule has 0 aliphatic rings. The second-order valence-electron chi connectivity index (χ2n) is 4.35. The summed E-state index contributed by atoms with van der Waals surface area (Å²) >= 11 is 0. The largest absolute Gasteiger partial charge is 0.497 e. The lowest BCUT2D eigenvalue weighted by Crippen LogP contribution is -2.57. The second kappa shape index (κ2) is 5.72. The molecule has 0 amide bonds. The van der Waals surface area contributed by atoms with Crippen LogP contribution in [-0.2, 0) is 0 Å². The van der Waals surface area contributed by atoms with Crippen molar-refractivity contribution in [1.82, 2.24) is 0 Å². The summed E-state index contributed by atoms with van der Waals surface area (Å²) in [6.45, 7) is 0. The summed E-state index contributed by atoms with van der Waals surface area (Å²) in [6.07, 6.45) is -16.0. The van der Waals surface area contributed by atoms with Gasteiger partial charge in [-0.1, -0.05) is 12.1 Å². The van der Waals surface area contributed by atoms with Crippen LogP contribution in [0.15, 0.2) is 24.3 Å². The first kappa shape index (κ1) is 17.6. The Hall–Kier alpha value is -1.48. The summed E-state index contributed by atoms with van der Waals surface area (Å²) in [4.78, 5) is 0. The highest BCUT2D eigenvalue weighted by atomic mass is 19.4. The van der Waals surface area contributed by atoms with Crippen LogP contribution >= 0.6 is 0 Å². The molecule has 0 aliphatic carbocycles. The second-order valence-corrected chi connectivity index (χ2v) is 4.35. The highest BCUT2D eigenvalue weighted by Crippen LogP contribution is 2.47. The third-order valence-corrected chi connectivity index (χ3v) is 2.93.